The zero-order chi connectivity index (χ0) is 11.4. The number of benzene rings is 1. The van der Waals surface area contributed by atoms with Crippen molar-refractivity contribution in [1.82, 2.24) is 4.90 Å². The van der Waals surface area contributed by atoms with Crippen LogP contribution in [0.25, 0.3) is 0 Å². The molecule has 0 aromatic heterocycles. The molecule has 0 radical (unpaired) electrons. The minimum atomic E-state index is -0.475. The van der Waals surface area contributed by atoms with Gasteiger partial charge < -0.3 is 4.74 Å². The quantitative estimate of drug-likeness (QED) is 0.400. The van der Waals surface area contributed by atoms with Gasteiger partial charge in [0.15, 0.2) is 0 Å². The highest BCUT2D eigenvalue weighted by atomic mass is 16.5. The highest BCUT2D eigenvalue weighted by molar-refractivity contribution is 5.88. The largest absolute Gasteiger partial charge is 0.459 e. The van der Waals surface area contributed by atoms with Gasteiger partial charge in [0.05, 0.1) is 13.7 Å². The van der Waals surface area contributed by atoms with E-state index in [-0.39, 0.29) is 0 Å². The molecule has 1 aliphatic heterocycles. The van der Waals surface area contributed by atoms with E-state index in [1.165, 1.54) is 18.2 Å². The summed E-state index contributed by atoms with van der Waals surface area (Å²) in [5, 5.41) is 0. The van der Waals surface area contributed by atoms with Crippen LogP contribution >= 0.6 is 0 Å². The second kappa shape index (κ2) is 4.82. The lowest BCUT2D eigenvalue weighted by Gasteiger charge is -2.08. The van der Waals surface area contributed by atoms with Crippen molar-refractivity contribution >= 4 is 5.97 Å². The van der Waals surface area contributed by atoms with Gasteiger partial charge >= 0.3 is 5.97 Å². The number of esters is 1. The lowest BCUT2D eigenvalue weighted by atomic mass is 10.1. The maximum absolute atomic E-state index is 10.8. The van der Waals surface area contributed by atoms with Crippen LogP contribution in [0.4, 0.5) is 0 Å². The van der Waals surface area contributed by atoms with Gasteiger partial charge in [-0.1, -0.05) is 30.2 Å². The van der Waals surface area contributed by atoms with Crippen molar-refractivity contribution < 1.29 is 9.53 Å². The van der Waals surface area contributed by atoms with Crippen molar-refractivity contribution in [2.24, 2.45) is 0 Å². The summed E-state index contributed by atoms with van der Waals surface area (Å²) in [5.74, 6) is 4.77. The number of rotatable bonds is 1. The van der Waals surface area contributed by atoms with Gasteiger partial charge in [-0.15, -0.1) is 0 Å². The number of nitrogens with zero attached hydrogens (tertiary/aromatic N) is 1. The molecular formula is C13H13NO2. The zero-order valence-electron chi connectivity index (χ0n) is 9.19. The fourth-order valence-electron chi connectivity index (χ4n) is 1.79. The standard InChI is InChI=1S/C13H13NO2/c1-16-13(15)7-4-8-14-9-11-5-2-3-6-12(11)10-14/h2-3,5-6H,8-10H2,1H3. The summed E-state index contributed by atoms with van der Waals surface area (Å²) in [6.45, 7) is 2.42. The molecule has 0 spiro atoms. The lowest BCUT2D eigenvalue weighted by molar-refractivity contribution is -0.133. The van der Waals surface area contributed by atoms with Crippen LogP contribution in [0.2, 0.25) is 0 Å². The summed E-state index contributed by atoms with van der Waals surface area (Å²) in [6.07, 6.45) is 0. The van der Waals surface area contributed by atoms with Crippen LogP contribution in [0.3, 0.4) is 0 Å². The molecule has 0 N–H and O–H groups in total. The van der Waals surface area contributed by atoms with E-state index in [1.807, 2.05) is 12.1 Å². The molecule has 1 heterocycles. The van der Waals surface area contributed by atoms with Crippen molar-refractivity contribution in [3.05, 3.63) is 35.4 Å². The third-order valence-corrected chi connectivity index (χ3v) is 2.58. The minimum absolute atomic E-state index is 0.475. The number of methoxy groups -OCH3 is 1. The molecule has 82 valence electrons. The van der Waals surface area contributed by atoms with Crippen LogP contribution in [0, 0.1) is 11.8 Å². The average molecular weight is 215 g/mol. The Hall–Kier alpha value is -1.79. The maximum atomic E-state index is 10.8. The van der Waals surface area contributed by atoms with E-state index in [2.05, 4.69) is 33.6 Å². The van der Waals surface area contributed by atoms with Crippen molar-refractivity contribution in [3.8, 4) is 11.8 Å². The second-order valence-corrected chi connectivity index (χ2v) is 3.71. The molecule has 0 atom stereocenters. The molecule has 0 fully saturated rings. The van der Waals surface area contributed by atoms with Gasteiger partial charge in [0.25, 0.3) is 0 Å². The van der Waals surface area contributed by atoms with Crippen molar-refractivity contribution in [1.29, 1.82) is 0 Å². The summed E-state index contributed by atoms with van der Waals surface area (Å²) in [7, 11) is 1.34. The highest BCUT2D eigenvalue weighted by Gasteiger charge is 2.16. The van der Waals surface area contributed by atoms with Gasteiger partial charge in [-0.2, -0.15) is 0 Å². The van der Waals surface area contributed by atoms with Crippen molar-refractivity contribution in [2.45, 2.75) is 13.1 Å². The maximum Gasteiger partial charge on any atom is 0.384 e. The lowest BCUT2D eigenvalue weighted by Crippen LogP contribution is -2.16. The Labute approximate surface area is 95.0 Å². The van der Waals surface area contributed by atoms with Crippen LogP contribution < -0.4 is 0 Å². The van der Waals surface area contributed by atoms with E-state index in [0.717, 1.165) is 13.1 Å². The van der Waals surface area contributed by atoms with E-state index >= 15 is 0 Å². The summed E-state index contributed by atoms with van der Waals surface area (Å²) in [6, 6.07) is 8.34. The Bertz CT molecular complexity index is 431. The molecule has 0 bridgehead atoms. The first-order chi connectivity index (χ1) is 7.79. The molecule has 0 saturated carbocycles. The zero-order valence-corrected chi connectivity index (χ0v) is 9.19. The SMILES string of the molecule is COC(=O)C#CCN1Cc2ccccc2C1. The third kappa shape index (κ3) is 2.41. The van der Waals surface area contributed by atoms with Crippen molar-refractivity contribution in [2.75, 3.05) is 13.7 Å². The topological polar surface area (TPSA) is 29.5 Å². The van der Waals surface area contributed by atoms with Crippen LogP contribution in [-0.2, 0) is 22.6 Å². The average Bonchev–Trinajstić information content (AvgIpc) is 2.71. The number of hydrogen-bond acceptors (Lipinski definition) is 3. The van der Waals surface area contributed by atoms with Crippen LogP contribution in [0.15, 0.2) is 24.3 Å². The normalized spacial score (nSPS) is 13.8. The van der Waals surface area contributed by atoms with Gasteiger partial charge in [0.1, 0.15) is 0 Å². The van der Waals surface area contributed by atoms with Crippen molar-refractivity contribution in [3.63, 3.8) is 0 Å². The fourth-order valence-corrected chi connectivity index (χ4v) is 1.79. The molecule has 0 unspecified atom stereocenters. The smallest absolute Gasteiger partial charge is 0.384 e. The summed E-state index contributed by atoms with van der Waals surface area (Å²) >= 11 is 0. The van der Waals surface area contributed by atoms with Gasteiger partial charge in [0, 0.05) is 19.0 Å². The van der Waals surface area contributed by atoms with Crippen LogP contribution in [0.1, 0.15) is 11.1 Å². The molecule has 1 aromatic carbocycles. The highest BCUT2D eigenvalue weighted by Crippen LogP contribution is 2.21. The number of fused-ring (bicyclic) bond motifs is 1. The second-order valence-electron chi connectivity index (χ2n) is 3.71. The Balaban J connectivity index is 1.92. The van der Waals surface area contributed by atoms with Gasteiger partial charge in [-0.25, -0.2) is 4.79 Å². The summed E-state index contributed by atoms with van der Waals surface area (Å²) in [4.78, 5) is 13.0. The molecule has 1 aromatic rings. The summed E-state index contributed by atoms with van der Waals surface area (Å²) in [5.41, 5.74) is 2.70. The molecule has 16 heavy (non-hydrogen) atoms. The number of carbonyl (C=O) groups excluding carboxylic acids is 1. The van der Waals surface area contributed by atoms with Gasteiger partial charge in [-0.05, 0) is 11.1 Å². The molecule has 0 saturated heterocycles. The number of carbonyl (C=O) groups is 1. The molecule has 0 aliphatic carbocycles. The van der Waals surface area contributed by atoms with Crippen LogP contribution in [-0.4, -0.2) is 24.5 Å². The van der Waals surface area contributed by atoms with Gasteiger partial charge in [0.2, 0.25) is 0 Å². The van der Waals surface area contributed by atoms with Crippen LogP contribution in [0.5, 0.6) is 0 Å². The minimum Gasteiger partial charge on any atom is -0.459 e. The Morgan fingerprint density at radius 3 is 2.56 bits per heavy atom. The van der Waals surface area contributed by atoms with E-state index in [9.17, 15) is 4.79 Å². The van der Waals surface area contributed by atoms with E-state index in [0.29, 0.717) is 6.54 Å². The van der Waals surface area contributed by atoms with E-state index in [1.54, 1.807) is 0 Å². The number of hydrogen-bond donors (Lipinski definition) is 0. The first kappa shape index (κ1) is 10.7. The third-order valence-electron chi connectivity index (χ3n) is 2.58. The molecule has 0 amide bonds. The Kier molecular flexibility index (Phi) is 3.23. The molecule has 2 rings (SSSR count). The Morgan fingerprint density at radius 1 is 1.38 bits per heavy atom. The molecular weight excluding hydrogens is 202 g/mol. The molecule has 3 nitrogen and oxygen atoms in total. The van der Waals surface area contributed by atoms with E-state index in [4.69, 9.17) is 0 Å². The predicted octanol–water partition coefficient (Wildman–Crippen LogP) is 1.18. The predicted molar refractivity (Wildman–Crippen MR) is 60.3 cm³/mol. The van der Waals surface area contributed by atoms with Gasteiger partial charge in [-0.3, -0.25) is 4.90 Å². The Morgan fingerprint density at radius 2 is 2.00 bits per heavy atom. The molecule has 1 aliphatic rings. The first-order valence-electron chi connectivity index (χ1n) is 5.15. The molecule has 3 heteroatoms. The first-order valence-corrected chi connectivity index (χ1v) is 5.15. The van der Waals surface area contributed by atoms with E-state index < -0.39 is 5.97 Å². The number of ether oxygens (including phenoxy) is 1. The summed E-state index contributed by atoms with van der Waals surface area (Å²) < 4.78 is 4.45. The fraction of sp³-hybridized carbons (Fsp3) is 0.308. The monoisotopic (exact) mass is 215 g/mol.